The van der Waals surface area contributed by atoms with Gasteiger partial charge in [-0.3, -0.25) is 19.7 Å². The lowest BCUT2D eigenvalue weighted by atomic mass is 10.2. The monoisotopic (exact) mass is 367 g/mol. The van der Waals surface area contributed by atoms with Crippen LogP contribution in [0.5, 0.6) is 0 Å². The molecule has 1 N–H and O–H groups in total. The minimum absolute atomic E-state index is 0.000776. The summed E-state index contributed by atoms with van der Waals surface area (Å²) in [5.74, 6) is -1.13. The summed E-state index contributed by atoms with van der Waals surface area (Å²) < 4.78 is 14.3. The highest BCUT2D eigenvalue weighted by Gasteiger charge is 2.18. The first kappa shape index (κ1) is 18.0. The van der Waals surface area contributed by atoms with Crippen molar-refractivity contribution in [3.63, 3.8) is 0 Å². The lowest BCUT2D eigenvalue weighted by Gasteiger charge is -2.09. The van der Waals surface area contributed by atoms with Crippen molar-refractivity contribution in [3.05, 3.63) is 104 Å². The van der Waals surface area contributed by atoms with Crippen LogP contribution in [0.4, 0.5) is 15.8 Å². The Morgan fingerprint density at radius 1 is 1.07 bits per heavy atom. The number of halogens is 1. The number of hydrogen-bond acceptors (Lipinski definition) is 4. The third kappa shape index (κ3) is 4.06. The molecule has 0 unspecified atom stereocenters. The number of nitrogens with one attached hydrogen (secondary N) is 1. The smallest absolute Gasteiger partial charge is 0.292 e. The number of anilines is 1. The van der Waals surface area contributed by atoms with Crippen molar-refractivity contribution >= 4 is 17.3 Å². The number of nitro groups is 1. The third-order valence-electron chi connectivity index (χ3n) is 3.88. The summed E-state index contributed by atoms with van der Waals surface area (Å²) in [6, 6.07) is 14.2. The van der Waals surface area contributed by atoms with Crippen molar-refractivity contribution in [2.24, 2.45) is 0 Å². The second-order valence-corrected chi connectivity index (χ2v) is 5.71. The van der Waals surface area contributed by atoms with E-state index in [1.165, 1.54) is 53.2 Å². The van der Waals surface area contributed by atoms with Crippen molar-refractivity contribution in [2.45, 2.75) is 6.54 Å². The Kier molecular flexibility index (Phi) is 5.07. The number of nitrogens with zero attached hydrogens (tertiary/aromatic N) is 2. The third-order valence-corrected chi connectivity index (χ3v) is 3.88. The molecule has 0 bridgehead atoms. The summed E-state index contributed by atoms with van der Waals surface area (Å²) in [6.07, 6.45) is 1.51. The van der Waals surface area contributed by atoms with E-state index in [-0.39, 0.29) is 29.3 Å². The van der Waals surface area contributed by atoms with Crippen molar-refractivity contribution in [2.75, 3.05) is 5.32 Å². The molecule has 1 aromatic heterocycles. The van der Waals surface area contributed by atoms with Crippen LogP contribution in [0.2, 0.25) is 0 Å². The zero-order chi connectivity index (χ0) is 19.4. The fourth-order valence-electron chi connectivity index (χ4n) is 2.55. The topological polar surface area (TPSA) is 94.2 Å². The summed E-state index contributed by atoms with van der Waals surface area (Å²) >= 11 is 0. The van der Waals surface area contributed by atoms with Crippen LogP contribution in [0.1, 0.15) is 15.9 Å². The van der Waals surface area contributed by atoms with E-state index in [2.05, 4.69) is 5.32 Å². The fourth-order valence-corrected chi connectivity index (χ4v) is 2.55. The normalized spacial score (nSPS) is 10.4. The zero-order valence-electron chi connectivity index (χ0n) is 14.0. The van der Waals surface area contributed by atoms with E-state index < -0.39 is 16.4 Å². The van der Waals surface area contributed by atoms with Crippen molar-refractivity contribution in [1.82, 2.24) is 4.57 Å². The van der Waals surface area contributed by atoms with Gasteiger partial charge in [0.05, 0.1) is 11.5 Å². The molecule has 7 nitrogen and oxygen atoms in total. The van der Waals surface area contributed by atoms with Gasteiger partial charge in [0.15, 0.2) is 0 Å². The van der Waals surface area contributed by atoms with Gasteiger partial charge in [-0.2, -0.15) is 0 Å². The SMILES string of the molecule is O=C(Nc1ccccc1[N+](=O)[O-])c1cccn(Cc2ccc(F)cc2)c1=O. The quantitative estimate of drug-likeness (QED) is 0.553. The lowest BCUT2D eigenvalue weighted by molar-refractivity contribution is -0.383. The molecular weight excluding hydrogens is 353 g/mol. The van der Waals surface area contributed by atoms with Gasteiger partial charge in [0.1, 0.15) is 17.1 Å². The molecule has 27 heavy (non-hydrogen) atoms. The molecule has 0 spiro atoms. The molecule has 3 aromatic rings. The Balaban J connectivity index is 1.87. The molecule has 0 radical (unpaired) electrons. The molecule has 1 amide bonds. The number of aromatic nitrogens is 1. The first-order chi connectivity index (χ1) is 13.0. The van der Waals surface area contributed by atoms with Crippen LogP contribution >= 0.6 is 0 Å². The molecule has 2 aromatic carbocycles. The minimum atomic E-state index is -0.747. The molecule has 0 fully saturated rings. The summed E-state index contributed by atoms with van der Waals surface area (Å²) in [6.45, 7) is 0.158. The largest absolute Gasteiger partial charge is 0.316 e. The number of hydrogen-bond donors (Lipinski definition) is 1. The summed E-state index contributed by atoms with van der Waals surface area (Å²) in [5.41, 5.74) is -0.292. The van der Waals surface area contributed by atoms with E-state index in [1.54, 1.807) is 18.2 Å². The van der Waals surface area contributed by atoms with Crippen LogP contribution in [0.25, 0.3) is 0 Å². The molecular formula is C19H14FN3O4. The molecule has 0 saturated heterocycles. The standard InChI is InChI=1S/C19H14FN3O4/c20-14-9-7-13(8-10-14)12-22-11-3-4-15(19(22)25)18(24)21-16-5-1-2-6-17(16)23(26)27/h1-11H,12H2,(H,21,24). The van der Waals surface area contributed by atoms with Crippen LogP contribution in [-0.2, 0) is 6.54 Å². The molecule has 3 rings (SSSR count). The number of amides is 1. The number of carbonyl (C=O) groups excluding carboxylic acids is 1. The van der Waals surface area contributed by atoms with Gasteiger partial charge in [-0.25, -0.2) is 4.39 Å². The minimum Gasteiger partial charge on any atom is -0.316 e. The van der Waals surface area contributed by atoms with E-state index in [0.717, 1.165) is 0 Å². The average molecular weight is 367 g/mol. The van der Waals surface area contributed by atoms with E-state index in [1.807, 2.05) is 0 Å². The summed E-state index contributed by atoms with van der Waals surface area (Å²) in [4.78, 5) is 35.5. The second-order valence-electron chi connectivity index (χ2n) is 5.71. The molecule has 8 heteroatoms. The Hall–Kier alpha value is -3.81. The van der Waals surface area contributed by atoms with Crippen molar-refractivity contribution < 1.29 is 14.1 Å². The molecule has 0 aliphatic heterocycles. The number of pyridine rings is 1. The number of benzene rings is 2. The summed E-state index contributed by atoms with van der Waals surface area (Å²) in [7, 11) is 0. The zero-order valence-corrected chi connectivity index (χ0v) is 14.0. The van der Waals surface area contributed by atoms with Gasteiger partial charge in [-0.1, -0.05) is 24.3 Å². The molecule has 0 atom stereocenters. The maximum atomic E-state index is 13.0. The first-order valence-corrected chi connectivity index (χ1v) is 7.94. The van der Waals surface area contributed by atoms with Crippen LogP contribution in [0.15, 0.2) is 71.7 Å². The highest BCUT2D eigenvalue weighted by molar-refractivity contribution is 6.05. The van der Waals surface area contributed by atoms with Crippen LogP contribution in [-0.4, -0.2) is 15.4 Å². The van der Waals surface area contributed by atoms with E-state index in [0.29, 0.717) is 5.56 Å². The molecule has 1 heterocycles. The van der Waals surface area contributed by atoms with E-state index in [4.69, 9.17) is 0 Å². The molecule has 136 valence electrons. The average Bonchev–Trinajstić information content (AvgIpc) is 2.65. The second kappa shape index (κ2) is 7.61. The number of nitro benzene ring substituents is 1. The van der Waals surface area contributed by atoms with Gasteiger partial charge in [-0.15, -0.1) is 0 Å². The maximum Gasteiger partial charge on any atom is 0.292 e. The molecule has 0 saturated carbocycles. The van der Waals surface area contributed by atoms with Gasteiger partial charge in [0.2, 0.25) is 0 Å². The number of rotatable bonds is 5. The molecule has 0 aliphatic carbocycles. The number of carbonyl (C=O) groups is 1. The Bertz CT molecular complexity index is 1060. The maximum absolute atomic E-state index is 13.0. The van der Waals surface area contributed by atoms with Gasteiger partial charge in [0.25, 0.3) is 17.2 Å². The van der Waals surface area contributed by atoms with Gasteiger partial charge in [0, 0.05) is 12.3 Å². The number of para-hydroxylation sites is 2. The summed E-state index contributed by atoms with van der Waals surface area (Å²) in [5, 5.41) is 13.5. The van der Waals surface area contributed by atoms with Crippen molar-refractivity contribution in [3.8, 4) is 0 Å². The lowest BCUT2D eigenvalue weighted by Crippen LogP contribution is -2.29. The van der Waals surface area contributed by atoms with Gasteiger partial charge in [-0.05, 0) is 35.9 Å². The predicted octanol–water partition coefficient (Wildman–Crippen LogP) is 3.20. The molecule has 0 aliphatic rings. The fraction of sp³-hybridized carbons (Fsp3) is 0.0526. The van der Waals surface area contributed by atoms with Crippen LogP contribution in [0, 0.1) is 15.9 Å². The van der Waals surface area contributed by atoms with Gasteiger partial charge < -0.3 is 9.88 Å². The van der Waals surface area contributed by atoms with E-state index in [9.17, 15) is 24.1 Å². The van der Waals surface area contributed by atoms with Gasteiger partial charge >= 0.3 is 0 Å². The highest BCUT2D eigenvalue weighted by Crippen LogP contribution is 2.23. The predicted molar refractivity (Wildman–Crippen MR) is 97.3 cm³/mol. The first-order valence-electron chi connectivity index (χ1n) is 7.94. The van der Waals surface area contributed by atoms with Crippen molar-refractivity contribution in [1.29, 1.82) is 0 Å². The Morgan fingerprint density at radius 3 is 2.48 bits per heavy atom. The van der Waals surface area contributed by atoms with Crippen LogP contribution in [0.3, 0.4) is 0 Å². The Morgan fingerprint density at radius 2 is 1.78 bits per heavy atom. The van der Waals surface area contributed by atoms with E-state index >= 15 is 0 Å². The van der Waals surface area contributed by atoms with Crippen LogP contribution < -0.4 is 10.9 Å². The highest BCUT2D eigenvalue weighted by atomic mass is 19.1. The Labute approximate surface area is 152 Å².